The number of ketones is 1. The number of aromatic nitrogens is 2. The van der Waals surface area contributed by atoms with E-state index in [4.69, 9.17) is 19.2 Å². The molecule has 3 aromatic rings. The molecule has 0 aliphatic carbocycles. The molecule has 7 nitrogen and oxygen atoms in total. The molecule has 30 heavy (non-hydrogen) atoms. The third-order valence-corrected chi connectivity index (χ3v) is 6.89. The van der Waals surface area contributed by atoms with Gasteiger partial charge in [0.1, 0.15) is 16.3 Å². The second-order valence-electron chi connectivity index (χ2n) is 6.59. The van der Waals surface area contributed by atoms with Crippen LogP contribution in [0.4, 0.5) is 0 Å². The van der Waals surface area contributed by atoms with E-state index in [1.807, 2.05) is 13.8 Å². The van der Waals surface area contributed by atoms with E-state index >= 15 is 0 Å². The van der Waals surface area contributed by atoms with Crippen molar-refractivity contribution in [2.24, 2.45) is 0 Å². The average molecular weight is 449 g/mol. The van der Waals surface area contributed by atoms with E-state index in [0.29, 0.717) is 45.6 Å². The van der Waals surface area contributed by atoms with Gasteiger partial charge < -0.3 is 14.2 Å². The van der Waals surface area contributed by atoms with Crippen molar-refractivity contribution in [3.8, 4) is 11.5 Å². The summed E-state index contributed by atoms with van der Waals surface area (Å²) in [7, 11) is 4.65. The summed E-state index contributed by atoms with van der Waals surface area (Å²) < 4.78 is 17.3. The van der Waals surface area contributed by atoms with Crippen LogP contribution in [-0.2, 0) is 11.3 Å². The summed E-state index contributed by atoms with van der Waals surface area (Å²) in [6.45, 7) is 4.65. The molecule has 0 atom stereocenters. The molecule has 0 aliphatic heterocycles. The van der Waals surface area contributed by atoms with Gasteiger partial charge in [-0.1, -0.05) is 11.8 Å². The van der Waals surface area contributed by atoms with Crippen LogP contribution in [0.1, 0.15) is 20.8 Å². The van der Waals surface area contributed by atoms with Gasteiger partial charge in [0.05, 0.1) is 44.1 Å². The SMILES string of the molecule is COCCn1c(SCC(=O)c2cc(OC)ccc2OC)nc2sc(C)c(C)c2c1=O. The van der Waals surface area contributed by atoms with Gasteiger partial charge in [0.25, 0.3) is 5.56 Å². The van der Waals surface area contributed by atoms with E-state index < -0.39 is 0 Å². The fourth-order valence-electron chi connectivity index (χ4n) is 3.04. The Hall–Kier alpha value is -2.36. The maximum atomic E-state index is 13.1. The lowest BCUT2D eigenvalue weighted by Gasteiger charge is -2.12. The number of thiophene rings is 1. The van der Waals surface area contributed by atoms with Crippen LogP contribution < -0.4 is 15.0 Å². The standard InChI is InChI=1S/C21H24N2O5S2/c1-12-13(2)30-19-18(12)20(25)23(8-9-26-3)21(22-19)29-11-16(24)15-10-14(27-4)6-7-17(15)28-5/h6-7,10H,8-9,11H2,1-5H3. The zero-order valence-electron chi connectivity index (χ0n) is 17.6. The molecule has 1 aromatic carbocycles. The predicted molar refractivity (Wildman–Crippen MR) is 120 cm³/mol. The lowest BCUT2D eigenvalue weighted by atomic mass is 10.1. The quantitative estimate of drug-likeness (QED) is 0.280. The van der Waals surface area contributed by atoms with Gasteiger partial charge in [-0.2, -0.15) is 0 Å². The van der Waals surface area contributed by atoms with E-state index in [9.17, 15) is 9.59 Å². The van der Waals surface area contributed by atoms with E-state index in [-0.39, 0.29) is 17.1 Å². The highest BCUT2D eigenvalue weighted by Gasteiger charge is 2.19. The second-order valence-corrected chi connectivity index (χ2v) is 8.73. The maximum absolute atomic E-state index is 13.1. The smallest absolute Gasteiger partial charge is 0.263 e. The average Bonchev–Trinajstić information content (AvgIpc) is 3.04. The van der Waals surface area contributed by atoms with Gasteiger partial charge in [0, 0.05) is 12.0 Å². The van der Waals surface area contributed by atoms with E-state index in [2.05, 4.69) is 0 Å². The molecule has 2 heterocycles. The summed E-state index contributed by atoms with van der Waals surface area (Å²) in [5.41, 5.74) is 1.28. The summed E-state index contributed by atoms with van der Waals surface area (Å²) in [6, 6.07) is 5.09. The maximum Gasteiger partial charge on any atom is 0.263 e. The minimum absolute atomic E-state index is 0.104. The van der Waals surface area contributed by atoms with Crippen LogP contribution in [0.3, 0.4) is 0 Å². The Morgan fingerprint density at radius 2 is 1.97 bits per heavy atom. The molecule has 0 aliphatic rings. The number of rotatable bonds is 9. The lowest BCUT2D eigenvalue weighted by molar-refractivity contribution is 0.101. The zero-order chi connectivity index (χ0) is 21.8. The Kier molecular flexibility index (Phi) is 7.17. The number of Topliss-reactive ketones (excluding diaryl/α,β-unsaturated/α-hetero) is 1. The minimum atomic E-state index is -0.137. The third-order valence-electron chi connectivity index (χ3n) is 4.81. The van der Waals surface area contributed by atoms with Gasteiger partial charge in [-0.05, 0) is 37.6 Å². The number of carbonyl (C=O) groups excluding carboxylic acids is 1. The first-order valence-electron chi connectivity index (χ1n) is 9.28. The number of fused-ring (bicyclic) bond motifs is 1. The van der Waals surface area contributed by atoms with Crippen LogP contribution in [0.5, 0.6) is 11.5 Å². The number of methoxy groups -OCH3 is 3. The van der Waals surface area contributed by atoms with Crippen molar-refractivity contribution in [1.82, 2.24) is 9.55 Å². The zero-order valence-corrected chi connectivity index (χ0v) is 19.2. The molecule has 0 N–H and O–H groups in total. The number of nitrogens with zero attached hydrogens (tertiary/aromatic N) is 2. The summed E-state index contributed by atoms with van der Waals surface area (Å²) in [6.07, 6.45) is 0. The Balaban J connectivity index is 1.95. The minimum Gasteiger partial charge on any atom is -0.497 e. The number of hydrogen-bond acceptors (Lipinski definition) is 8. The van der Waals surface area contributed by atoms with Gasteiger partial charge in [0.15, 0.2) is 10.9 Å². The molecule has 0 spiro atoms. The normalized spacial score (nSPS) is 11.1. The third kappa shape index (κ3) is 4.38. The van der Waals surface area contributed by atoms with Gasteiger partial charge in [0.2, 0.25) is 0 Å². The molecule has 160 valence electrons. The Bertz CT molecular complexity index is 1140. The van der Waals surface area contributed by atoms with Crippen LogP contribution in [0.25, 0.3) is 10.2 Å². The molecular formula is C21H24N2O5S2. The van der Waals surface area contributed by atoms with Crippen LogP contribution in [-0.4, -0.2) is 49.0 Å². The van der Waals surface area contributed by atoms with Crippen molar-refractivity contribution < 1.29 is 19.0 Å². The molecular weight excluding hydrogens is 424 g/mol. The monoisotopic (exact) mass is 448 g/mol. The highest BCUT2D eigenvalue weighted by atomic mass is 32.2. The summed E-state index contributed by atoms with van der Waals surface area (Å²) in [5.74, 6) is 1.02. The highest BCUT2D eigenvalue weighted by molar-refractivity contribution is 7.99. The highest BCUT2D eigenvalue weighted by Crippen LogP contribution is 2.30. The summed E-state index contributed by atoms with van der Waals surface area (Å²) in [4.78, 5) is 32.5. The number of carbonyl (C=O) groups is 1. The molecule has 0 saturated heterocycles. The van der Waals surface area contributed by atoms with Crippen LogP contribution in [0.2, 0.25) is 0 Å². The molecule has 0 fully saturated rings. The lowest BCUT2D eigenvalue weighted by Crippen LogP contribution is -2.25. The first kappa shape index (κ1) is 22.3. The van der Waals surface area contributed by atoms with Gasteiger partial charge in [-0.25, -0.2) is 4.98 Å². The molecule has 0 unspecified atom stereocenters. The fraction of sp³-hybridized carbons (Fsp3) is 0.381. The van der Waals surface area contributed by atoms with E-state index in [1.54, 1.807) is 37.0 Å². The molecule has 9 heteroatoms. The molecule has 0 radical (unpaired) electrons. The number of benzene rings is 1. The predicted octanol–water partition coefficient (Wildman–Crippen LogP) is 3.71. The number of hydrogen-bond donors (Lipinski definition) is 0. The molecule has 2 aromatic heterocycles. The molecule has 0 amide bonds. The first-order valence-corrected chi connectivity index (χ1v) is 11.1. The number of aryl methyl sites for hydroxylation is 2. The topological polar surface area (TPSA) is 79.7 Å². The summed E-state index contributed by atoms with van der Waals surface area (Å²) in [5, 5.41) is 1.14. The number of ether oxygens (including phenoxy) is 3. The van der Waals surface area contributed by atoms with Gasteiger partial charge >= 0.3 is 0 Å². The first-order chi connectivity index (χ1) is 14.4. The van der Waals surface area contributed by atoms with Crippen LogP contribution in [0.15, 0.2) is 28.2 Å². The van der Waals surface area contributed by atoms with Crippen molar-refractivity contribution in [3.05, 3.63) is 44.6 Å². The molecule has 0 bridgehead atoms. The van der Waals surface area contributed by atoms with Gasteiger partial charge in [-0.15, -0.1) is 11.3 Å². The Labute approximate surface area is 183 Å². The molecule has 3 rings (SSSR count). The second kappa shape index (κ2) is 9.63. The van der Waals surface area contributed by atoms with E-state index in [0.717, 1.165) is 10.4 Å². The van der Waals surface area contributed by atoms with E-state index in [1.165, 1.54) is 30.2 Å². The summed E-state index contributed by atoms with van der Waals surface area (Å²) >= 11 is 2.73. The van der Waals surface area contributed by atoms with Gasteiger partial charge in [-0.3, -0.25) is 14.2 Å². The van der Waals surface area contributed by atoms with Crippen molar-refractivity contribution >= 4 is 39.1 Å². The van der Waals surface area contributed by atoms with Crippen molar-refractivity contribution in [3.63, 3.8) is 0 Å². The Morgan fingerprint density at radius 1 is 1.20 bits per heavy atom. The van der Waals surface area contributed by atoms with Crippen molar-refractivity contribution in [2.45, 2.75) is 25.5 Å². The molecule has 0 saturated carbocycles. The largest absolute Gasteiger partial charge is 0.497 e. The fourth-order valence-corrected chi connectivity index (χ4v) is 5.02. The van der Waals surface area contributed by atoms with Crippen LogP contribution >= 0.6 is 23.1 Å². The Morgan fingerprint density at radius 3 is 2.63 bits per heavy atom. The van der Waals surface area contributed by atoms with Crippen LogP contribution in [0, 0.1) is 13.8 Å². The van der Waals surface area contributed by atoms with Crippen molar-refractivity contribution in [1.29, 1.82) is 0 Å². The number of thioether (sulfide) groups is 1. The van der Waals surface area contributed by atoms with Crippen molar-refractivity contribution in [2.75, 3.05) is 33.7 Å².